The molecule has 0 amide bonds. The van der Waals surface area contributed by atoms with Gasteiger partial charge in [0.15, 0.2) is 0 Å². The highest BCUT2D eigenvalue weighted by molar-refractivity contribution is 7.89. The summed E-state index contributed by atoms with van der Waals surface area (Å²) in [5.41, 5.74) is 0.0638. The Morgan fingerprint density at radius 3 is 2.60 bits per heavy atom. The molecule has 1 aliphatic rings. The normalized spacial score (nSPS) is 19.8. The number of carboxylic acid groups (broad SMARTS) is 1. The van der Waals surface area contributed by atoms with Gasteiger partial charge in [-0.15, -0.1) is 0 Å². The Kier molecular flexibility index (Phi) is 6.12. The summed E-state index contributed by atoms with van der Waals surface area (Å²) < 4.78 is 54.1. The number of sulfonamides is 1. The highest BCUT2D eigenvalue weighted by Gasteiger charge is 2.31. The first-order valence-corrected chi connectivity index (χ1v) is 9.44. The van der Waals surface area contributed by atoms with Crippen molar-refractivity contribution >= 4 is 16.0 Å². The Hall–Kier alpha value is -1.58. The van der Waals surface area contributed by atoms with E-state index >= 15 is 0 Å². The van der Waals surface area contributed by atoms with Gasteiger partial charge in [-0.25, -0.2) is 17.2 Å². The summed E-state index contributed by atoms with van der Waals surface area (Å²) in [6, 6.07) is 1.54. The van der Waals surface area contributed by atoms with Gasteiger partial charge in [-0.05, 0) is 44.9 Å². The third kappa shape index (κ3) is 4.53. The fraction of sp³-hybridized carbons (Fsp3) is 0.562. The fourth-order valence-electron chi connectivity index (χ4n) is 3.04. The predicted molar refractivity (Wildman–Crippen MR) is 87.8 cm³/mol. The average molecular weight is 376 g/mol. The number of carbonyl (C=O) groups is 1. The van der Waals surface area contributed by atoms with Crippen molar-refractivity contribution in [3.05, 3.63) is 29.3 Å². The summed E-state index contributed by atoms with van der Waals surface area (Å²) >= 11 is 0. The van der Waals surface area contributed by atoms with E-state index in [1.807, 2.05) is 0 Å². The topological polar surface area (TPSA) is 77.9 Å². The Labute approximate surface area is 146 Å². The van der Waals surface area contributed by atoms with E-state index in [0.29, 0.717) is 25.3 Å². The van der Waals surface area contributed by atoms with Gasteiger partial charge >= 0.3 is 5.97 Å². The zero-order valence-corrected chi connectivity index (χ0v) is 15.0. The molecule has 1 saturated heterocycles. The number of benzene rings is 1. The van der Waals surface area contributed by atoms with Crippen LogP contribution in [0, 0.1) is 18.6 Å². The molecular formula is C16H22F2N2O4S. The van der Waals surface area contributed by atoms with Crippen LogP contribution in [0.1, 0.15) is 24.8 Å². The van der Waals surface area contributed by atoms with Crippen LogP contribution < -0.4 is 0 Å². The molecule has 0 saturated carbocycles. The van der Waals surface area contributed by atoms with Crippen molar-refractivity contribution in [1.82, 2.24) is 9.21 Å². The summed E-state index contributed by atoms with van der Waals surface area (Å²) in [4.78, 5) is 12.0. The van der Waals surface area contributed by atoms with Gasteiger partial charge in [-0.1, -0.05) is 0 Å². The molecule has 1 atom stereocenters. The van der Waals surface area contributed by atoms with Gasteiger partial charge in [0.25, 0.3) is 0 Å². The molecule has 1 aromatic carbocycles. The van der Waals surface area contributed by atoms with Crippen molar-refractivity contribution in [1.29, 1.82) is 0 Å². The summed E-state index contributed by atoms with van der Waals surface area (Å²) in [5.74, 6) is -2.84. The van der Waals surface area contributed by atoms with Gasteiger partial charge in [-0.2, -0.15) is 4.31 Å². The zero-order chi connectivity index (χ0) is 18.8. The Bertz CT molecular complexity index is 755. The first kappa shape index (κ1) is 19.7. The number of aliphatic carboxylic acids is 1. The molecule has 0 spiro atoms. The molecule has 0 aromatic heterocycles. The molecule has 1 fully saturated rings. The summed E-state index contributed by atoms with van der Waals surface area (Å²) in [6.07, 6.45) is 1.64. The molecule has 1 heterocycles. The second kappa shape index (κ2) is 7.76. The Morgan fingerprint density at radius 2 is 1.96 bits per heavy atom. The van der Waals surface area contributed by atoms with Crippen molar-refractivity contribution in [3.8, 4) is 0 Å². The van der Waals surface area contributed by atoms with Crippen LogP contribution in [0.25, 0.3) is 0 Å². The van der Waals surface area contributed by atoms with Crippen molar-refractivity contribution < 1.29 is 27.1 Å². The minimum atomic E-state index is -4.07. The van der Waals surface area contributed by atoms with Crippen LogP contribution in [0.5, 0.6) is 0 Å². The van der Waals surface area contributed by atoms with Crippen LogP contribution in [0.3, 0.4) is 0 Å². The quantitative estimate of drug-likeness (QED) is 0.848. The number of halogens is 2. The maximum atomic E-state index is 14.0. The monoisotopic (exact) mass is 376 g/mol. The molecule has 9 heteroatoms. The Morgan fingerprint density at radius 1 is 1.28 bits per heavy atom. The van der Waals surface area contributed by atoms with E-state index in [1.54, 1.807) is 11.9 Å². The minimum Gasteiger partial charge on any atom is -0.480 e. The maximum Gasteiger partial charge on any atom is 0.317 e. The number of likely N-dealkylation sites (N-methyl/N-ethyl adjacent to an activating group) is 1. The summed E-state index contributed by atoms with van der Waals surface area (Å²) in [5, 5.41) is 8.87. The first-order chi connectivity index (χ1) is 11.6. The number of hydrogen-bond donors (Lipinski definition) is 1. The standard InChI is InChI=1S/C16H22F2N2O4S/c1-11-8-15(14(18)9-13(11)17)25(23,24)20-6-3-4-12(5-7-20)19(2)10-16(21)22/h8-9,12H,3-7,10H2,1-2H3,(H,21,22). The molecule has 0 aliphatic carbocycles. The fourth-order valence-corrected chi connectivity index (χ4v) is 4.67. The van der Waals surface area contributed by atoms with E-state index in [4.69, 9.17) is 5.11 Å². The lowest BCUT2D eigenvalue weighted by Gasteiger charge is -2.25. The zero-order valence-electron chi connectivity index (χ0n) is 14.2. The van der Waals surface area contributed by atoms with E-state index in [2.05, 4.69) is 0 Å². The molecule has 25 heavy (non-hydrogen) atoms. The average Bonchev–Trinajstić information content (AvgIpc) is 2.76. The number of nitrogens with zero attached hydrogens (tertiary/aromatic N) is 2. The van der Waals surface area contributed by atoms with Gasteiger partial charge < -0.3 is 5.11 Å². The lowest BCUT2D eigenvalue weighted by atomic mass is 10.1. The van der Waals surface area contributed by atoms with E-state index in [9.17, 15) is 22.0 Å². The van der Waals surface area contributed by atoms with Crippen LogP contribution in [0.4, 0.5) is 8.78 Å². The molecule has 1 unspecified atom stereocenters. The number of hydrogen-bond acceptors (Lipinski definition) is 4. The maximum absolute atomic E-state index is 14.0. The van der Waals surface area contributed by atoms with Gasteiger partial charge in [0.05, 0.1) is 6.54 Å². The van der Waals surface area contributed by atoms with Crippen molar-refractivity contribution in [2.75, 3.05) is 26.7 Å². The third-order valence-electron chi connectivity index (χ3n) is 4.50. The predicted octanol–water partition coefficient (Wildman–Crippen LogP) is 1.83. The minimum absolute atomic E-state index is 0.0592. The van der Waals surface area contributed by atoms with Crippen LogP contribution in [-0.4, -0.2) is 61.4 Å². The van der Waals surface area contributed by atoms with Crippen molar-refractivity contribution in [3.63, 3.8) is 0 Å². The molecule has 0 radical (unpaired) electrons. The first-order valence-electron chi connectivity index (χ1n) is 8.00. The lowest BCUT2D eigenvalue weighted by molar-refractivity contribution is -0.138. The van der Waals surface area contributed by atoms with E-state index in [0.717, 1.165) is 6.07 Å². The van der Waals surface area contributed by atoms with Gasteiger partial charge in [0, 0.05) is 25.2 Å². The van der Waals surface area contributed by atoms with Crippen LogP contribution in [-0.2, 0) is 14.8 Å². The van der Waals surface area contributed by atoms with E-state index in [1.165, 1.54) is 11.2 Å². The number of aryl methyl sites for hydroxylation is 1. The highest BCUT2D eigenvalue weighted by atomic mass is 32.2. The van der Waals surface area contributed by atoms with Crippen molar-refractivity contribution in [2.45, 2.75) is 37.1 Å². The lowest BCUT2D eigenvalue weighted by Crippen LogP contribution is -2.37. The van der Waals surface area contributed by atoms with Crippen LogP contribution in [0.15, 0.2) is 17.0 Å². The molecule has 6 nitrogen and oxygen atoms in total. The van der Waals surface area contributed by atoms with Gasteiger partial charge in [0.2, 0.25) is 10.0 Å². The Balaban J connectivity index is 2.19. The van der Waals surface area contributed by atoms with E-state index < -0.39 is 32.5 Å². The summed E-state index contributed by atoms with van der Waals surface area (Å²) in [6.45, 7) is 1.64. The van der Waals surface area contributed by atoms with Gasteiger partial charge in [-0.3, -0.25) is 9.69 Å². The molecule has 2 rings (SSSR count). The van der Waals surface area contributed by atoms with Crippen LogP contribution >= 0.6 is 0 Å². The SMILES string of the molecule is Cc1cc(S(=O)(=O)N2CCCC(N(C)CC(=O)O)CC2)c(F)cc1F. The van der Waals surface area contributed by atoms with E-state index in [-0.39, 0.29) is 31.2 Å². The second-order valence-corrected chi connectivity index (χ2v) is 8.24. The van der Waals surface area contributed by atoms with Crippen LogP contribution in [0.2, 0.25) is 0 Å². The number of carboxylic acids is 1. The molecule has 1 aliphatic heterocycles. The third-order valence-corrected chi connectivity index (χ3v) is 6.41. The molecule has 140 valence electrons. The van der Waals surface area contributed by atoms with Gasteiger partial charge in [0.1, 0.15) is 16.5 Å². The largest absolute Gasteiger partial charge is 0.480 e. The molecular weight excluding hydrogens is 354 g/mol. The molecule has 1 aromatic rings. The second-order valence-electron chi connectivity index (χ2n) is 6.33. The summed E-state index contributed by atoms with van der Waals surface area (Å²) in [7, 11) is -2.38. The molecule has 0 bridgehead atoms. The van der Waals surface area contributed by atoms with Crippen molar-refractivity contribution in [2.24, 2.45) is 0 Å². The molecule has 1 N–H and O–H groups in total. The number of rotatable bonds is 5. The highest BCUT2D eigenvalue weighted by Crippen LogP contribution is 2.25. The smallest absolute Gasteiger partial charge is 0.317 e.